The van der Waals surface area contributed by atoms with Crippen molar-refractivity contribution in [3.63, 3.8) is 0 Å². The molecule has 1 aliphatic heterocycles. The molecule has 0 unspecified atom stereocenters. The van der Waals surface area contributed by atoms with E-state index < -0.39 is 0 Å². The molecule has 0 aliphatic carbocycles. The highest BCUT2D eigenvalue weighted by Gasteiger charge is 2.16. The summed E-state index contributed by atoms with van der Waals surface area (Å²) in [7, 11) is 1.58. The van der Waals surface area contributed by atoms with Gasteiger partial charge in [0.25, 0.3) is 5.91 Å². The van der Waals surface area contributed by atoms with Gasteiger partial charge in [-0.25, -0.2) is 4.99 Å². The molecule has 1 atom stereocenters. The normalized spacial score (nSPS) is 16.7. The van der Waals surface area contributed by atoms with Crippen LogP contribution in [0.1, 0.15) is 34.3 Å². The van der Waals surface area contributed by atoms with E-state index in [-0.39, 0.29) is 12.0 Å². The van der Waals surface area contributed by atoms with Crippen molar-refractivity contribution in [3.8, 4) is 5.75 Å². The van der Waals surface area contributed by atoms with E-state index in [9.17, 15) is 4.79 Å². The lowest BCUT2D eigenvalue weighted by atomic mass is 10.1. The van der Waals surface area contributed by atoms with Gasteiger partial charge in [0.15, 0.2) is 0 Å². The van der Waals surface area contributed by atoms with Gasteiger partial charge in [0.05, 0.1) is 19.8 Å². The largest absolute Gasteiger partial charge is 0.497 e. The first-order chi connectivity index (χ1) is 13.5. The molecule has 6 heteroatoms. The number of hydrogen-bond acceptors (Lipinski definition) is 4. The molecule has 1 amide bonds. The van der Waals surface area contributed by atoms with E-state index in [2.05, 4.69) is 21.7 Å². The third kappa shape index (κ3) is 5.33. The van der Waals surface area contributed by atoms with Gasteiger partial charge in [0, 0.05) is 17.9 Å². The van der Waals surface area contributed by atoms with Crippen molar-refractivity contribution in [1.29, 1.82) is 0 Å². The molecule has 6 nitrogen and oxygen atoms in total. The van der Waals surface area contributed by atoms with Gasteiger partial charge in [-0.1, -0.05) is 18.2 Å². The highest BCUT2D eigenvalue weighted by Crippen LogP contribution is 2.17. The minimum Gasteiger partial charge on any atom is -0.497 e. The smallest absolute Gasteiger partial charge is 0.258 e. The van der Waals surface area contributed by atoms with Gasteiger partial charge in [0.2, 0.25) is 5.96 Å². The van der Waals surface area contributed by atoms with Crippen molar-refractivity contribution in [1.82, 2.24) is 5.32 Å². The Hall–Kier alpha value is -2.86. The molecule has 28 heavy (non-hydrogen) atoms. The number of nitrogens with one attached hydrogen (secondary N) is 2. The number of methoxy groups -OCH3 is 1. The summed E-state index contributed by atoms with van der Waals surface area (Å²) in [6.45, 7) is 5.33. The number of amides is 1. The molecular weight excluding hydrogens is 354 g/mol. The lowest BCUT2D eigenvalue weighted by Crippen LogP contribution is -2.37. The van der Waals surface area contributed by atoms with E-state index in [4.69, 9.17) is 9.47 Å². The summed E-state index contributed by atoms with van der Waals surface area (Å²) in [4.78, 5) is 17.3. The van der Waals surface area contributed by atoms with E-state index in [1.54, 1.807) is 31.4 Å². The fraction of sp³-hybridized carbons (Fsp3) is 0.364. The number of hydrogen-bond donors (Lipinski definition) is 2. The first-order valence-corrected chi connectivity index (χ1v) is 9.51. The molecule has 2 N–H and O–H groups in total. The van der Waals surface area contributed by atoms with Crippen LogP contribution >= 0.6 is 0 Å². The average Bonchev–Trinajstić information content (AvgIpc) is 3.22. The zero-order valence-corrected chi connectivity index (χ0v) is 16.6. The van der Waals surface area contributed by atoms with Crippen LogP contribution in [0.4, 0.5) is 5.69 Å². The molecule has 0 saturated carbocycles. The molecule has 0 aromatic heterocycles. The molecule has 2 aromatic carbocycles. The third-order valence-electron chi connectivity index (χ3n) is 4.69. The predicted molar refractivity (Wildman–Crippen MR) is 111 cm³/mol. The number of nitrogens with zero attached hydrogens (tertiary/aromatic N) is 1. The summed E-state index contributed by atoms with van der Waals surface area (Å²) in [5.74, 6) is 0.799. The zero-order chi connectivity index (χ0) is 19.9. The van der Waals surface area contributed by atoms with Crippen LogP contribution < -0.4 is 15.4 Å². The van der Waals surface area contributed by atoms with Crippen molar-refractivity contribution in [3.05, 3.63) is 59.2 Å². The van der Waals surface area contributed by atoms with Crippen molar-refractivity contribution in [2.75, 3.05) is 25.6 Å². The van der Waals surface area contributed by atoms with Gasteiger partial charge in [-0.15, -0.1) is 0 Å². The maximum absolute atomic E-state index is 12.7. The second-order valence-electron chi connectivity index (χ2n) is 6.95. The van der Waals surface area contributed by atoms with E-state index in [0.717, 1.165) is 36.3 Å². The molecule has 148 valence electrons. The van der Waals surface area contributed by atoms with Crippen LogP contribution in [0.15, 0.2) is 47.5 Å². The predicted octanol–water partition coefficient (Wildman–Crippen LogP) is 3.69. The zero-order valence-electron chi connectivity index (χ0n) is 16.6. The third-order valence-corrected chi connectivity index (χ3v) is 4.69. The molecule has 1 saturated heterocycles. The number of rotatable bonds is 5. The van der Waals surface area contributed by atoms with Crippen LogP contribution in [0, 0.1) is 13.8 Å². The van der Waals surface area contributed by atoms with E-state index >= 15 is 0 Å². The second-order valence-corrected chi connectivity index (χ2v) is 6.95. The molecular formula is C22H27N3O3. The monoisotopic (exact) mass is 381 g/mol. The maximum atomic E-state index is 12.7. The Balaban J connectivity index is 1.79. The lowest BCUT2D eigenvalue weighted by molar-refractivity contribution is 0.0975. The first-order valence-electron chi connectivity index (χ1n) is 9.51. The molecule has 0 radical (unpaired) electrons. The van der Waals surface area contributed by atoms with Crippen molar-refractivity contribution in [2.45, 2.75) is 32.8 Å². The topological polar surface area (TPSA) is 72.0 Å². The van der Waals surface area contributed by atoms with Crippen molar-refractivity contribution >= 4 is 17.6 Å². The number of aliphatic imine (C=N–C) groups is 1. The minimum absolute atomic E-state index is 0.101. The van der Waals surface area contributed by atoms with Crippen LogP contribution in [0.25, 0.3) is 0 Å². The van der Waals surface area contributed by atoms with Gasteiger partial charge in [-0.3, -0.25) is 10.1 Å². The van der Waals surface area contributed by atoms with Gasteiger partial charge in [-0.2, -0.15) is 0 Å². The summed E-state index contributed by atoms with van der Waals surface area (Å²) < 4.78 is 10.9. The Bertz CT molecular complexity index is 858. The van der Waals surface area contributed by atoms with E-state index in [1.165, 1.54) is 0 Å². The SMILES string of the molecule is COc1cccc(C(=O)NC(=NC[C@H]2CCCO2)Nc2cc(C)ccc2C)c1. The van der Waals surface area contributed by atoms with E-state index in [0.29, 0.717) is 23.8 Å². The molecule has 0 spiro atoms. The highest BCUT2D eigenvalue weighted by molar-refractivity contribution is 6.10. The standard InChI is InChI=1S/C22H27N3O3/c1-15-9-10-16(2)20(12-15)24-22(23-14-19-8-5-11-28-19)25-21(26)17-6-4-7-18(13-17)27-3/h4,6-7,9-10,12-13,19H,5,8,11,14H2,1-3H3,(H2,23,24,25,26)/t19-/m1/s1. The summed E-state index contributed by atoms with van der Waals surface area (Å²) in [5.41, 5.74) is 3.63. The molecule has 2 aromatic rings. The summed E-state index contributed by atoms with van der Waals surface area (Å²) in [6, 6.07) is 13.2. The average molecular weight is 381 g/mol. The summed E-state index contributed by atoms with van der Waals surface area (Å²) in [6.07, 6.45) is 2.14. The van der Waals surface area contributed by atoms with Crippen LogP contribution in [-0.4, -0.2) is 38.2 Å². The van der Waals surface area contributed by atoms with Gasteiger partial charge in [0.1, 0.15) is 5.75 Å². The van der Waals surface area contributed by atoms with Crippen molar-refractivity contribution in [2.24, 2.45) is 4.99 Å². The molecule has 1 fully saturated rings. The summed E-state index contributed by atoms with van der Waals surface area (Å²) in [5, 5.41) is 6.17. The Morgan fingerprint density at radius 2 is 2.11 bits per heavy atom. The Morgan fingerprint density at radius 1 is 1.25 bits per heavy atom. The quantitative estimate of drug-likeness (QED) is 0.612. The number of carbonyl (C=O) groups excluding carboxylic acids is 1. The van der Waals surface area contributed by atoms with E-state index in [1.807, 2.05) is 26.0 Å². The van der Waals surface area contributed by atoms with Crippen LogP contribution in [0.2, 0.25) is 0 Å². The number of carbonyl (C=O) groups is 1. The minimum atomic E-state index is -0.247. The molecule has 0 bridgehead atoms. The van der Waals surface area contributed by atoms with Gasteiger partial charge in [-0.05, 0) is 62.1 Å². The Kier molecular flexibility index (Phi) is 6.66. The number of guanidine groups is 1. The second kappa shape index (κ2) is 9.37. The molecule has 1 aliphatic rings. The number of benzene rings is 2. The van der Waals surface area contributed by atoms with Crippen LogP contribution in [0.3, 0.4) is 0 Å². The van der Waals surface area contributed by atoms with Crippen LogP contribution in [-0.2, 0) is 4.74 Å². The number of aryl methyl sites for hydroxylation is 2. The Morgan fingerprint density at radius 3 is 2.86 bits per heavy atom. The van der Waals surface area contributed by atoms with Gasteiger partial charge < -0.3 is 14.8 Å². The fourth-order valence-electron chi connectivity index (χ4n) is 3.03. The maximum Gasteiger partial charge on any atom is 0.258 e. The van der Waals surface area contributed by atoms with Crippen molar-refractivity contribution < 1.29 is 14.3 Å². The first kappa shape index (κ1) is 19.9. The summed E-state index contributed by atoms with van der Waals surface area (Å²) >= 11 is 0. The molecule has 1 heterocycles. The molecule has 3 rings (SSSR count). The lowest BCUT2D eigenvalue weighted by Gasteiger charge is -2.15. The number of ether oxygens (including phenoxy) is 2. The number of anilines is 1. The fourth-order valence-corrected chi connectivity index (χ4v) is 3.03. The highest BCUT2D eigenvalue weighted by atomic mass is 16.5. The van der Waals surface area contributed by atoms with Crippen LogP contribution in [0.5, 0.6) is 5.75 Å². The van der Waals surface area contributed by atoms with Gasteiger partial charge >= 0.3 is 0 Å². The Labute approximate surface area is 166 Å².